The highest BCUT2D eigenvalue weighted by Gasteiger charge is 2.16. The summed E-state index contributed by atoms with van der Waals surface area (Å²) in [6.45, 7) is 4.13. The molecule has 25 heavy (non-hydrogen) atoms. The molecule has 0 aliphatic heterocycles. The van der Waals surface area contributed by atoms with Crippen molar-refractivity contribution in [1.29, 1.82) is 0 Å². The van der Waals surface area contributed by atoms with Crippen LogP contribution < -0.4 is 14.9 Å². The third kappa shape index (κ3) is 3.71. The number of halogens is 1. The van der Waals surface area contributed by atoms with Crippen LogP contribution in [0, 0.1) is 5.82 Å². The van der Waals surface area contributed by atoms with Gasteiger partial charge in [-0.05, 0) is 56.3 Å². The van der Waals surface area contributed by atoms with Gasteiger partial charge in [0, 0.05) is 12.2 Å². The second-order valence-corrected chi connectivity index (χ2v) is 6.49. The Morgan fingerprint density at radius 2 is 2.00 bits per heavy atom. The number of anilines is 1. The lowest BCUT2D eigenvalue weighted by Gasteiger charge is -2.14. The number of hydrogen-bond donors (Lipinski definition) is 1. The molecule has 130 valence electrons. The molecule has 3 rings (SSSR count). The van der Waals surface area contributed by atoms with E-state index in [1.807, 2.05) is 13.0 Å². The summed E-state index contributed by atoms with van der Waals surface area (Å²) in [5.74, 6) is -0.278. The van der Waals surface area contributed by atoms with Gasteiger partial charge in [-0.3, -0.25) is 14.2 Å². The van der Waals surface area contributed by atoms with Crippen LogP contribution >= 0.6 is 11.3 Å². The van der Waals surface area contributed by atoms with E-state index in [0.717, 1.165) is 21.6 Å². The quantitative estimate of drug-likeness (QED) is 0.756. The van der Waals surface area contributed by atoms with Crippen LogP contribution in [0.15, 0.2) is 47.3 Å². The number of carbonyl (C=O) groups is 1. The first-order chi connectivity index (χ1) is 12.0. The zero-order chi connectivity index (χ0) is 18.0. The Kier molecular flexibility index (Phi) is 4.85. The molecule has 3 aromatic rings. The van der Waals surface area contributed by atoms with Crippen LogP contribution in [0.5, 0.6) is 5.75 Å². The fourth-order valence-corrected chi connectivity index (χ4v) is 3.45. The molecule has 5 nitrogen and oxygen atoms in total. The lowest BCUT2D eigenvalue weighted by Crippen LogP contribution is -2.30. The number of hydrogen-bond acceptors (Lipinski definition) is 4. The van der Waals surface area contributed by atoms with Gasteiger partial charge in [0.1, 0.15) is 11.6 Å². The number of thiazole rings is 1. The summed E-state index contributed by atoms with van der Waals surface area (Å²) in [6, 6.07) is 10.8. The van der Waals surface area contributed by atoms with Crippen LogP contribution in [0.1, 0.15) is 13.8 Å². The number of nitrogens with zero attached hydrogens (tertiary/aromatic N) is 1. The Bertz CT molecular complexity index is 963. The number of nitrogens with one attached hydrogen (secondary N) is 1. The molecule has 0 aliphatic rings. The number of amides is 1. The van der Waals surface area contributed by atoms with E-state index in [2.05, 4.69) is 5.32 Å². The number of ether oxygens (including phenoxy) is 1. The molecule has 1 amide bonds. The predicted molar refractivity (Wildman–Crippen MR) is 96.9 cm³/mol. The maximum atomic E-state index is 12.9. The van der Waals surface area contributed by atoms with Gasteiger partial charge in [-0.15, -0.1) is 0 Å². The number of aromatic nitrogens is 1. The maximum absolute atomic E-state index is 12.9. The standard InChI is InChI=1S/C18H17FN2O3S/c1-3-21-15-9-6-13(10-16(15)25-18(21)23)20-17(22)11(2)24-14-7-4-12(19)5-8-14/h4-11H,3H2,1-2H3,(H,20,22)/t11-/m0/s1. The fraction of sp³-hybridized carbons (Fsp3) is 0.222. The SMILES string of the molecule is CCn1c(=O)sc2cc(NC(=O)[C@H](C)Oc3ccc(F)cc3)ccc21. The van der Waals surface area contributed by atoms with Crippen molar-refractivity contribution in [1.82, 2.24) is 4.57 Å². The van der Waals surface area contributed by atoms with Crippen molar-refractivity contribution in [2.24, 2.45) is 0 Å². The molecule has 0 fully saturated rings. The zero-order valence-corrected chi connectivity index (χ0v) is 14.6. The first-order valence-electron chi connectivity index (χ1n) is 7.84. The van der Waals surface area contributed by atoms with E-state index in [9.17, 15) is 14.0 Å². The van der Waals surface area contributed by atoms with Gasteiger partial charge in [-0.2, -0.15) is 0 Å². The summed E-state index contributed by atoms with van der Waals surface area (Å²) in [6.07, 6.45) is -0.750. The van der Waals surface area contributed by atoms with Crippen molar-refractivity contribution >= 4 is 33.1 Å². The van der Waals surface area contributed by atoms with Crippen molar-refractivity contribution in [3.8, 4) is 5.75 Å². The van der Waals surface area contributed by atoms with Gasteiger partial charge in [0.15, 0.2) is 6.10 Å². The van der Waals surface area contributed by atoms with Crippen LogP contribution in [-0.4, -0.2) is 16.6 Å². The van der Waals surface area contributed by atoms with Gasteiger partial charge in [0.05, 0.1) is 10.2 Å². The number of fused-ring (bicyclic) bond motifs is 1. The molecular formula is C18H17FN2O3S. The molecule has 0 aliphatic carbocycles. The normalized spacial score (nSPS) is 12.1. The largest absolute Gasteiger partial charge is 0.481 e. The van der Waals surface area contributed by atoms with Crippen LogP contribution in [0.2, 0.25) is 0 Å². The number of benzene rings is 2. The minimum Gasteiger partial charge on any atom is -0.481 e. The van der Waals surface area contributed by atoms with E-state index >= 15 is 0 Å². The van der Waals surface area contributed by atoms with Gasteiger partial charge in [0.2, 0.25) is 0 Å². The second kappa shape index (κ2) is 7.06. The first kappa shape index (κ1) is 17.2. The van der Waals surface area contributed by atoms with Crippen molar-refractivity contribution in [2.75, 3.05) is 5.32 Å². The van der Waals surface area contributed by atoms with Crippen molar-refractivity contribution in [3.63, 3.8) is 0 Å². The molecule has 0 saturated carbocycles. The van der Waals surface area contributed by atoms with E-state index in [1.54, 1.807) is 23.6 Å². The number of carbonyl (C=O) groups excluding carboxylic acids is 1. The van der Waals surface area contributed by atoms with E-state index in [0.29, 0.717) is 18.0 Å². The van der Waals surface area contributed by atoms with Crippen LogP contribution in [0.3, 0.4) is 0 Å². The Labute approximate surface area is 147 Å². The Morgan fingerprint density at radius 3 is 2.68 bits per heavy atom. The number of aryl methyl sites for hydroxylation is 1. The molecule has 0 saturated heterocycles. The second-order valence-electron chi connectivity index (χ2n) is 5.50. The minimum atomic E-state index is -0.750. The van der Waals surface area contributed by atoms with Gasteiger partial charge in [-0.1, -0.05) is 11.3 Å². The predicted octanol–water partition coefficient (Wildman–Crippen LogP) is 3.63. The summed E-state index contributed by atoms with van der Waals surface area (Å²) in [5, 5.41) is 2.77. The van der Waals surface area contributed by atoms with E-state index in [-0.39, 0.29) is 16.6 Å². The van der Waals surface area contributed by atoms with Crippen LogP contribution in [-0.2, 0) is 11.3 Å². The highest BCUT2D eigenvalue weighted by Crippen LogP contribution is 2.22. The topological polar surface area (TPSA) is 60.3 Å². The van der Waals surface area contributed by atoms with Crippen LogP contribution in [0.4, 0.5) is 10.1 Å². The maximum Gasteiger partial charge on any atom is 0.308 e. The summed E-state index contributed by atoms with van der Waals surface area (Å²) < 4.78 is 20.9. The molecule has 0 unspecified atom stereocenters. The van der Waals surface area contributed by atoms with Gasteiger partial charge in [-0.25, -0.2) is 4.39 Å². The molecule has 0 spiro atoms. The van der Waals surface area contributed by atoms with E-state index < -0.39 is 6.10 Å². The Balaban J connectivity index is 1.72. The molecule has 1 atom stereocenters. The molecule has 0 radical (unpaired) electrons. The zero-order valence-electron chi connectivity index (χ0n) is 13.8. The number of rotatable bonds is 5. The van der Waals surface area contributed by atoms with Gasteiger partial charge in [0.25, 0.3) is 5.91 Å². The molecule has 0 bridgehead atoms. The van der Waals surface area contributed by atoms with E-state index in [4.69, 9.17) is 4.74 Å². The van der Waals surface area contributed by atoms with Crippen molar-refractivity contribution in [3.05, 3.63) is 57.9 Å². The highest BCUT2D eigenvalue weighted by atomic mass is 32.1. The lowest BCUT2D eigenvalue weighted by atomic mass is 10.2. The van der Waals surface area contributed by atoms with Gasteiger partial charge >= 0.3 is 4.87 Å². The Morgan fingerprint density at radius 1 is 1.28 bits per heavy atom. The molecule has 2 aromatic carbocycles. The molecule has 1 heterocycles. The summed E-state index contributed by atoms with van der Waals surface area (Å²) in [4.78, 5) is 24.1. The lowest BCUT2D eigenvalue weighted by molar-refractivity contribution is -0.122. The first-order valence-corrected chi connectivity index (χ1v) is 8.66. The molecule has 1 N–H and O–H groups in total. The van der Waals surface area contributed by atoms with Gasteiger partial charge < -0.3 is 10.1 Å². The third-order valence-electron chi connectivity index (χ3n) is 3.75. The molecule has 1 aromatic heterocycles. The van der Waals surface area contributed by atoms with Crippen LogP contribution in [0.25, 0.3) is 10.2 Å². The summed E-state index contributed by atoms with van der Waals surface area (Å²) in [5.41, 5.74) is 1.45. The average molecular weight is 360 g/mol. The average Bonchev–Trinajstić information content (AvgIpc) is 2.91. The molecule has 7 heteroatoms. The third-order valence-corrected chi connectivity index (χ3v) is 4.69. The smallest absolute Gasteiger partial charge is 0.308 e. The Hall–Kier alpha value is -2.67. The van der Waals surface area contributed by atoms with Crippen molar-refractivity contribution in [2.45, 2.75) is 26.5 Å². The fourth-order valence-electron chi connectivity index (χ4n) is 2.46. The van der Waals surface area contributed by atoms with Crippen molar-refractivity contribution < 1.29 is 13.9 Å². The van der Waals surface area contributed by atoms with E-state index in [1.165, 1.54) is 24.3 Å². The summed E-state index contributed by atoms with van der Waals surface area (Å²) in [7, 11) is 0. The minimum absolute atomic E-state index is 0.0195. The monoisotopic (exact) mass is 360 g/mol. The summed E-state index contributed by atoms with van der Waals surface area (Å²) >= 11 is 1.15. The molecular weight excluding hydrogens is 343 g/mol. The highest BCUT2D eigenvalue weighted by molar-refractivity contribution is 7.16.